The van der Waals surface area contributed by atoms with Crippen LogP contribution in [0.3, 0.4) is 0 Å². The number of halogens is 2. The topological polar surface area (TPSA) is 108 Å². The molecule has 1 saturated heterocycles. The van der Waals surface area contributed by atoms with Crippen LogP contribution in [0, 0.1) is 11.3 Å². The summed E-state index contributed by atoms with van der Waals surface area (Å²) in [7, 11) is 0. The maximum atomic E-state index is 14.2. The van der Waals surface area contributed by atoms with Crippen molar-refractivity contribution in [2.75, 3.05) is 39.4 Å². The van der Waals surface area contributed by atoms with Gasteiger partial charge in [-0.3, -0.25) is 9.20 Å². The molecule has 0 bridgehead atoms. The van der Waals surface area contributed by atoms with Gasteiger partial charge in [0, 0.05) is 56.1 Å². The lowest BCUT2D eigenvalue weighted by Crippen LogP contribution is -2.48. The van der Waals surface area contributed by atoms with Crippen molar-refractivity contribution in [1.29, 1.82) is 5.26 Å². The van der Waals surface area contributed by atoms with Gasteiger partial charge >= 0.3 is 6.03 Å². The highest BCUT2D eigenvalue weighted by atomic mass is 19.3. The van der Waals surface area contributed by atoms with E-state index in [-0.39, 0.29) is 32.1 Å². The fourth-order valence-electron chi connectivity index (χ4n) is 6.07. The summed E-state index contributed by atoms with van der Waals surface area (Å²) in [4.78, 5) is 33.7. The third-order valence-electron chi connectivity index (χ3n) is 7.89. The molecule has 7 rings (SSSR count). The van der Waals surface area contributed by atoms with E-state index in [2.05, 4.69) is 16.4 Å². The van der Waals surface area contributed by atoms with E-state index in [1.165, 1.54) is 0 Å². The lowest BCUT2D eigenvalue weighted by atomic mass is 9.97. The minimum atomic E-state index is -3.12. The molecule has 4 aromatic rings. The number of pyridine rings is 1. The van der Waals surface area contributed by atoms with Crippen molar-refractivity contribution >= 4 is 39.6 Å². The fourth-order valence-corrected chi connectivity index (χ4v) is 6.07. The Kier molecular flexibility index (Phi) is 5.79. The summed E-state index contributed by atoms with van der Waals surface area (Å²) < 4.78 is 37.3. The first-order valence-corrected chi connectivity index (χ1v) is 13.3. The van der Waals surface area contributed by atoms with Crippen molar-refractivity contribution in [3.63, 3.8) is 0 Å². The largest absolute Gasteiger partial charge is 0.373 e. The van der Waals surface area contributed by atoms with Crippen molar-refractivity contribution in [3.8, 4) is 6.07 Å². The maximum absolute atomic E-state index is 14.2. The van der Waals surface area contributed by atoms with E-state index in [0.717, 1.165) is 38.2 Å². The molecule has 3 amide bonds. The van der Waals surface area contributed by atoms with Crippen LogP contribution in [0.25, 0.3) is 27.7 Å². The Bertz CT molecular complexity index is 1820. The van der Waals surface area contributed by atoms with Crippen LogP contribution in [0.5, 0.6) is 0 Å². The molecule has 1 fully saturated rings. The number of hydrogen-bond donors (Lipinski definition) is 1. The van der Waals surface area contributed by atoms with Gasteiger partial charge in [0.05, 0.1) is 47.8 Å². The highest BCUT2D eigenvalue weighted by Crippen LogP contribution is 2.38. The van der Waals surface area contributed by atoms with Gasteiger partial charge in [-0.1, -0.05) is 6.07 Å². The van der Waals surface area contributed by atoms with Gasteiger partial charge in [0.15, 0.2) is 0 Å². The smallest absolute Gasteiger partial charge is 0.320 e. The first-order valence-electron chi connectivity index (χ1n) is 13.3. The van der Waals surface area contributed by atoms with Crippen LogP contribution in [-0.2, 0) is 22.6 Å². The van der Waals surface area contributed by atoms with Crippen molar-refractivity contribution in [3.05, 3.63) is 71.3 Å². The Labute approximate surface area is 233 Å². The predicted molar refractivity (Wildman–Crippen MR) is 145 cm³/mol. The zero-order valence-electron chi connectivity index (χ0n) is 21.9. The molecule has 3 aromatic heterocycles. The molecule has 0 unspecified atom stereocenters. The number of carbonyl (C=O) groups is 2. The van der Waals surface area contributed by atoms with E-state index >= 15 is 0 Å². The first kappa shape index (κ1) is 25.2. The number of urea groups is 1. The average Bonchev–Trinajstić information content (AvgIpc) is 3.58. The molecule has 1 N–H and O–H groups in total. The summed E-state index contributed by atoms with van der Waals surface area (Å²) in [5, 5.41) is 13.6. The maximum Gasteiger partial charge on any atom is 0.320 e. The van der Waals surface area contributed by atoms with E-state index in [0.29, 0.717) is 29.9 Å². The normalized spacial score (nSPS) is 18.9. The molecular formula is C29H25F2N7O3. The molecule has 12 heteroatoms. The summed E-state index contributed by atoms with van der Waals surface area (Å²) in [5.74, 6) is -3.32. The van der Waals surface area contributed by atoms with Gasteiger partial charge < -0.3 is 24.4 Å². The monoisotopic (exact) mass is 557 g/mol. The molecule has 208 valence electrons. The Morgan fingerprint density at radius 1 is 1.17 bits per heavy atom. The lowest BCUT2D eigenvalue weighted by molar-refractivity contribution is -0.114. The number of fused-ring (bicyclic) bond motifs is 1. The Balaban J connectivity index is 1.32. The van der Waals surface area contributed by atoms with Crippen LogP contribution in [0.15, 0.2) is 48.9 Å². The van der Waals surface area contributed by atoms with E-state index in [1.54, 1.807) is 23.2 Å². The number of rotatable bonds is 2. The van der Waals surface area contributed by atoms with Crippen molar-refractivity contribution < 1.29 is 23.1 Å². The SMILES string of the molecule is N#Cc1cc2c3c(c1)c(C1=C(c4cnc5ccccn45)C(=O)NC1)cn3CCN(C(=O)N1CCOCC(F)(F)C1)C2. The Morgan fingerprint density at radius 3 is 2.90 bits per heavy atom. The molecule has 0 atom stereocenters. The highest BCUT2D eigenvalue weighted by Gasteiger charge is 2.38. The quantitative estimate of drug-likeness (QED) is 0.408. The van der Waals surface area contributed by atoms with Crippen LogP contribution in [0.2, 0.25) is 0 Å². The minimum Gasteiger partial charge on any atom is -0.373 e. The first-order chi connectivity index (χ1) is 19.8. The zero-order valence-corrected chi connectivity index (χ0v) is 21.9. The van der Waals surface area contributed by atoms with E-state index in [1.807, 2.05) is 39.6 Å². The van der Waals surface area contributed by atoms with Gasteiger partial charge in [0.1, 0.15) is 12.3 Å². The number of imidazole rings is 1. The molecule has 0 saturated carbocycles. The summed E-state index contributed by atoms with van der Waals surface area (Å²) in [6.07, 6.45) is 5.50. The molecule has 3 aliphatic heterocycles. The number of hydrogen-bond acceptors (Lipinski definition) is 5. The van der Waals surface area contributed by atoms with E-state index < -0.39 is 25.1 Å². The van der Waals surface area contributed by atoms with Gasteiger partial charge in [-0.15, -0.1) is 0 Å². The summed E-state index contributed by atoms with van der Waals surface area (Å²) >= 11 is 0. The number of alkyl halides is 2. The number of carbonyl (C=O) groups excluding carboxylic acids is 2. The van der Waals surface area contributed by atoms with Crippen LogP contribution in [0.4, 0.5) is 13.6 Å². The zero-order chi connectivity index (χ0) is 28.3. The molecule has 0 aliphatic carbocycles. The van der Waals surface area contributed by atoms with Crippen LogP contribution in [0.1, 0.15) is 22.4 Å². The molecule has 0 spiro atoms. The third-order valence-corrected chi connectivity index (χ3v) is 7.89. The second-order valence-electron chi connectivity index (χ2n) is 10.5. The molecule has 10 nitrogen and oxygen atoms in total. The van der Waals surface area contributed by atoms with Crippen molar-refractivity contribution in [2.24, 2.45) is 0 Å². The Hall–Kier alpha value is -4.76. The minimum absolute atomic E-state index is 0.0450. The standard InChI is InChI=1S/C29H25F2N7O3/c30-29(31)16-37(7-8-41-17-29)28(40)36-6-5-35-15-22(20-10-18(11-32)9-19(14-36)26(20)35)21-12-34-27(39)25(21)23-13-33-24-3-1-2-4-38(23)24/h1-4,9-10,13,15H,5-8,12,14,16-17H2,(H,34,39). The van der Waals surface area contributed by atoms with Crippen molar-refractivity contribution in [2.45, 2.75) is 19.0 Å². The molecule has 1 aromatic carbocycles. The number of ether oxygens (including phenoxy) is 1. The van der Waals surface area contributed by atoms with E-state index in [4.69, 9.17) is 4.74 Å². The Morgan fingerprint density at radius 2 is 2.05 bits per heavy atom. The number of amides is 3. The van der Waals surface area contributed by atoms with Gasteiger partial charge in [0.25, 0.3) is 11.8 Å². The molecule has 41 heavy (non-hydrogen) atoms. The predicted octanol–water partition coefficient (Wildman–Crippen LogP) is 3.10. The molecule has 6 heterocycles. The highest BCUT2D eigenvalue weighted by molar-refractivity contribution is 6.31. The number of nitrogens with zero attached hydrogens (tertiary/aromatic N) is 6. The van der Waals surface area contributed by atoms with Crippen LogP contribution < -0.4 is 5.32 Å². The fraction of sp³-hybridized carbons (Fsp3) is 0.310. The number of aromatic nitrogens is 3. The molecule has 0 radical (unpaired) electrons. The second-order valence-corrected chi connectivity index (χ2v) is 10.5. The number of benzene rings is 1. The van der Waals surface area contributed by atoms with Gasteiger partial charge in [-0.05, 0) is 35.4 Å². The number of nitriles is 1. The third kappa shape index (κ3) is 4.20. The number of nitrogens with one attached hydrogen (secondary N) is 1. The van der Waals surface area contributed by atoms with Crippen LogP contribution >= 0.6 is 0 Å². The molecular weight excluding hydrogens is 532 g/mol. The van der Waals surface area contributed by atoms with Gasteiger partial charge in [0.2, 0.25) is 0 Å². The molecule has 3 aliphatic rings. The summed E-state index contributed by atoms with van der Waals surface area (Å²) in [5.41, 5.74) is 5.53. The second kappa shape index (κ2) is 9.42. The lowest BCUT2D eigenvalue weighted by Gasteiger charge is -2.30. The van der Waals surface area contributed by atoms with E-state index in [9.17, 15) is 23.6 Å². The van der Waals surface area contributed by atoms with Gasteiger partial charge in [-0.25, -0.2) is 18.6 Å². The van der Waals surface area contributed by atoms with Crippen molar-refractivity contribution in [1.82, 2.24) is 29.1 Å². The summed E-state index contributed by atoms with van der Waals surface area (Å²) in [6, 6.07) is 10.9. The van der Waals surface area contributed by atoms with Crippen LogP contribution in [-0.4, -0.2) is 81.0 Å². The summed E-state index contributed by atoms with van der Waals surface area (Å²) in [6.45, 7) is -0.101. The average molecular weight is 558 g/mol. The van der Waals surface area contributed by atoms with Gasteiger partial charge in [-0.2, -0.15) is 5.26 Å².